The molecule has 2 aromatic carbocycles. The number of hydrogen-bond donors (Lipinski definition) is 1. The van der Waals surface area contributed by atoms with Crippen molar-refractivity contribution in [3.63, 3.8) is 0 Å². The second-order valence-corrected chi connectivity index (χ2v) is 6.32. The van der Waals surface area contributed by atoms with Crippen LogP contribution in [0.5, 0.6) is 0 Å². The standard InChI is InChI=1S/C21H21NO3S/c1-2-25-21(24)12-7-15-26-19-11-6-10-18(16-19)22-20(23)14-13-17-8-4-3-5-9-17/h3-14,16H,2,15H2,1H3,(H,22,23)/b12-7+,14-13+. The maximum Gasteiger partial charge on any atom is 0.330 e. The molecule has 0 aliphatic carbocycles. The summed E-state index contributed by atoms with van der Waals surface area (Å²) in [5.74, 6) is 0.127. The highest BCUT2D eigenvalue weighted by atomic mass is 32.2. The number of amides is 1. The Morgan fingerprint density at radius 2 is 1.88 bits per heavy atom. The highest BCUT2D eigenvalue weighted by Gasteiger charge is 2.00. The van der Waals surface area contributed by atoms with E-state index in [9.17, 15) is 9.59 Å². The summed E-state index contributed by atoms with van der Waals surface area (Å²) < 4.78 is 4.82. The summed E-state index contributed by atoms with van der Waals surface area (Å²) in [6.45, 7) is 2.14. The van der Waals surface area contributed by atoms with Gasteiger partial charge in [-0.1, -0.05) is 42.5 Å². The molecule has 0 bridgehead atoms. The fourth-order valence-electron chi connectivity index (χ4n) is 2.06. The van der Waals surface area contributed by atoms with Gasteiger partial charge in [0.15, 0.2) is 0 Å². The van der Waals surface area contributed by atoms with Crippen LogP contribution < -0.4 is 5.32 Å². The van der Waals surface area contributed by atoms with Crippen LogP contribution in [0.3, 0.4) is 0 Å². The summed E-state index contributed by atoms with van der Waals surface area (Å²) in [6, 6.07) is 17.2. The molecule has 0 aliphatic rings. The van der Waals surface area contributed by atoms with Gasteiger partial charge in [-0.15, -0.1) is 11.8 Å². The highest BCUT2D eigenvalue weighted by Crippen LogP contribution is 2.21. The average Bonchev–Trinajstić information content (AvgIpc) is 2.65. The molecule has 134 valence electrons. The van der Waals surface area contributed by atoms with Gasteiger partial charge in [-0.2, -0.15) is 0 Å². The molecular weight excluding hydrogens is 346 g/mol. The summed E-state index contributed by atoms with van der Waals surface area (Å²) in [4.78, 5) is 24.3. The first-order valence-electron chi connectivity index (χ1n) is 8.27. The van der Waals surface area contributed by atoms with E-state index in [0.29, 0.717) is 12.4 Å². The van der Waals surface area contributed by atoms with Crippen LogP contribution in [0.4, 0.5) is 5.69 Å². The van der Waals surface area contributed by atoms with Crippen molar-refractivity contribution in [3.8, 4) is 0 Å². The van der Waals surface area contributed by atoms with E-state index in [2.05, 4.69) is 5.32 Å². The van der Waals surface area contributed by atoms with Crippen LogP contribution >= 0.6 is 11.8 Å². The predicted octanol–water partition coefficient (Wildman–Crippen LogP) is 4.55. The number of anilines is 1. The zero-order valence-corrected chi connectivity index (χ0v) is 15.4. The first-order valence-corrected chi connectivity index (χ1v) is 9.26. The van der Waals surface area contributed by atoms with Crippen LogP contribution in [0.1, 0.15) is 12.5 Å². The predicted molar refractivity (Wildman–Crippen MR) is 107 cm³/mol. The number of ether oxygens (including phenoxy) is 1. The van der Waals surface area contributed by atoms with Gasteiger partial charge in [0.1, 0.15) is 0 Å². The molecule has 0 heterocycles. The van der Waals surface area contributed by atoms with E-state index < -0.39 is 0 Å². The molecule has 2 rings (SSSR count). The maximum atomic E-state index is 12.0. The van der Waals surface area contributed by atoms with Crippen molar-refractivity contribution in [2.75, 3.05) is 17.7 Å². The van der Waals surface area contributed by atoms with Gasteiger partial charge < -0.3 is 10.1 Å². The Hall–Kier alpha value is -2.79. The van der Waals surface area contributed by atoms with Crippen molar-refractivity contribution < 1.29 is 14.3 Å². The third-order valence-corrected chi connectivity index (χ3v) is 4.16. The molecular formula is C21H21NO3S. The number of thioether (sulfide) groups is 1. The minimum Gasteiger partial charge on any atom is -0.463 e. The number of hydrogen-bond acceptors (Lipinski definition) is 4. The van der Waals surface area contributed by atoms with E-state index >= 15 is 0 Å². The third-order valence-electron chi connectivity index (χ3n) is 3.22. The number of esters is 1. The number of carbonyl (C=O) groups is 2. The van der Waals surface area contributed by atoms with Crippen LogP contribution in [-0.4, -0.2) is 24.2 Å². The van der Waals surface area contributed by atoms with Crippen molar-refractivity contribution in [1.82, 2.24) is 0 Å². The van der Waals surface area contributed by atoms with Crippen molar-refractivity contribution in [2.45, 2.75) is 11.8 Å². The van der Waals surface area contributed by atoms with Crippen molar-refractivity contribution >= 4 is 35.4 Å². The number of nitrogens with one attached hydrogen (secondary N) is 1. The first-order chi connectivity index (χ1) is 12.7. The normalized spacial score (nSPS) is 11.0. The fraction of sp³-hybridized carbons (Fsp3) is 0.143. The molecule has 4 nitrogen and oxygen atoms in total. The topological polar surface area (TPSA) is 55.4 Å². The van der Waals surface area contributed by atoms with Gasteiger partial charge in [-0.05, 0) is 36.8 Å². The molecule has 0 radical (unpaired) electrons. The Kier molecular flexibility index (Phi) is 8.23. The van der Waals surface area contributed by atoms with Gasteiger partial charge in [0, 0.05) is 28.5 Å². The van der Waals surface area contributed by atoms with Crippen LogP contribution in [0.15, 0.2) is 77.7 Å². The van der Waals surface area contributed by atoms with Crippen LogP contribution in [0.2, 0.25) is 0 Å². The molecule has 0 saturated heterocycles. The smallest absolute Gasteiger partial charge is 0.330 e. The molecule has 0 aliphatic heterocycles. The fourth-order valence-corrected chi connectivity index (χ4v) is 2.83. The van der Waals surface area contributed by atoms with Gasteiger partial charge in [-0.25, -0.2) is 4.79 Å². The molecule has 0 spiro atoms. The summed E-state index contributed by atoms with van der Waals surface area (Å²) in [7, 11) is 0. The molecule has 26 heavy (non-hydrogen) atoms. The lowest BCUT2D eigenvalue weighted by molar-refractivity contribution is -0.137. The molecule has 0 aromatic heterocycles. The summed E-state index contributed by atoms with van der Waals surface area (Å²) in [5.41, 5.74) is 1.70. The molecule has 0 unspecified atom stereocenters. The van der Waals surface area contributed by atoms with Gasteiger partial charge in [-0.3, -0.25) is 4.79 Å². The molecule has 0 saturated carbocycles. The van der Waals surface area contributed by atoms with E-state index in [1.807, 2.05) is 54.6 Å². The molecule has 0 atom stereocenters. The molecule has 0 fully saturated rings. The van der Waals surface area contributed by atoms with Gasteiger partial charge >= 0.3 is 5.97 Å². The van der Waals surface area contributed by atoms with Crippen LogP contribution in [-0.2, 0) is 14.3 Å². The van der Waals surface area contributed by atoms with Crippen LogP contribution in [0, 0.1) is 0 Å². The van der Waals surface area contributed by atoms with Crippen molar-refractivity contribution in [3.05, 3.63) is 78.4 Å². The molecule has 1 N–H and O–H groups in total. The average molecular weight is 367 g/mol. The lowest BCUT2D eigenvalue weighted by Crippen LogP contribution is -2.07. The van der Waals surface area contributed by atoms with E-state index in [1.54, 1.807) is 30.8 Å². The minimum atomic E-state index is -0.334. The highest BCUT2D eigenvalue weighted by molar-refractivity contribution is 7.99. The summed E-state index contributed by atoms with van der Waals surface area (Å²) in [5, 5.41) is 2.85. The maximum absolute atomic E-state index is 12.0. The van der Waals surface area contributed by atoms with E-state index in [1.165, 1.54) is 12.2 Å². The van der Waals surface area contributed by atoms with E-state index in [4.69, 9.17) is 4.74 Å². The Labute approximate surface area is 158 Å². The van der Waals surface area contributed by atoms with Gasteiger partial charge in [0.25, 0.3) is 0 Å². The number of benzene rings is 2. The van der Waals surface area contributed by atoms with Crippen molar-refractivity contribution in [2.24, 2.45) is 0 Å². The Bertz CT molecular complexity index is 785. The zero-order chi connectivity index (χ0) is 18.6. The number of carbonyl (C=O) groups excluding carboxylic acids is 2. The van der Waals surface area contributed by atoms with E-state index in [0.717, 1.165) is 16.1 Å². The molecule has 2 aromatic rings. The first kappa shape index (κ1) is 19.5. The lowest BCUT2D eigenvalue weighted by atomic mass is 10.2. The van der Waals surface area contributed by atoms with Crippen molar-refractivity contribution in [1.29, 1.82) is 0 Å². The largest absolute Gasteiger partial charge is 0.463 e. The Balaban J connectivity index is 1.85. The summed E-state index contributed by atoms with van der Waals surface area (Å²) in [6.07, 6.45) is 6.47. The van der Waals surface area contributed by atoms with E-state index in [-0.39, 0.29) is 11.9 Å². The third kappa shape index (κ3) is 7.40. The monoisotopic (exact) mass is 367 g/mol. The zero-order valence-electron chi connectivity index (χ0n) is 14.6. The molecule has 1 amide bonds. The van der Waals surface area contributed by atoms with Gasteiger partial charge in [0.2, 0.25) is 5.91 Å². The van der Waals surface area contributed by atoms with Crippen LogP contribution in [0.25, 0.3) is 6.08 Å². The summed E-state index contributed by atoms with van der Waals surface area (Å²) >= 11 is 1.57. The second kappa shape index (κ2) is 10.9. The second-order valence-electron chi connectivity index (χ2n) is 5.23. The Morgan fingerprint density at radius 1 is 1.08 bits per heavy atom. The lowest BCUT2D eigenvalue weighted by Gasteiger charge is -2.05. The minimum absolute atomic E-state index is 0.182. The SMILES string of the molecule is CCOC(=O)/C=C/CSc1cccc(NC(=O)/C=C/c2ccccc2)c1. The quantitative estimate of drug-likeness (QED) is 0.422. The molecule has 5 heteroatoms. The van der Waals surface area contributed by atoms with Gasteiger partial charge in [0.05, 0.1) is 6.61 Å². The Morgan fingerprint density at radius 3 is 2.65 bits per heavy atom. The number of rotatable bonds is 8.